The van der Waals surface area contributed by atoms with Gasteiger partial charge in [0.25, 0.3) is 0 Å². The van der Waals surface area contributed by atoms with Crippen LogP contribution in [0.25, 0.3) is 11.0 Å². The smallest absolute Gasteiger partial charge is 0.224 e. The first-order chi connectivity index (χ1) is 11.6. The van der Waals surface area contributed by atoms with E-state index in [0.717, 1.165) is 48.9 Å². The van der Waals surface area contributed by atoms with E-state index in [1.165, 1.54) is 5.56 Å². The van der Waals surface area contributed by atoms with Crippen molar-refractivity contribution in [2.45, 2.75) is 45.1 Å². The minimum Gasteiger partial charge on any atom is -0.383 e. The van der Waals surface area contributed by atoms with Gasteiger partial charge < -0.3 is 16.0 Å². The average molecular weight is 323 g/mol. The third kappa shape index (κ3) is 2.46. The molecule has 3 aromatic rings. The highest BCUT2D eigenvalue weighted by atomic mass is 15.1. The zero-order valence-electron chi connectivity index (χ0n) is 13.7. The van der Waals surface area contributed by atoms with E-state index in [9.17, 15) is 0 Å². The summed E-state index contributed by atoms with van der Waals surface area (Å²) in [6.07, 6.45) is 10.1. The summed E-state index contributed by atoms with van der Waals surface area (Å²) in [5, 5.41) is 0.851. The number of nitrogens with two attached hydrogens (primary N) is 2. The highest BCUT2D eigenvalue weighted by Gasteiger charge is 2.27. The maximum absolute atomic E-state index is 6.08. The fourth-order valence-electron chi connectivity index (χ4n) is 3.88. The van der Waals surface area contributed by atoms with E-state index in [1.54, 1.807) is 0 Å². The second-order valence-corrected chi connectivity index (χ2v) is 6.44. The number of hydrogen-bond acceptors (Lipinski definition) is 6. The second-order valence-electron chi connectivity index (χ2n) is 6.44. The molecular weight excluding hydrogens is 302 g/mol. The van der Waals surface area contributed by atoms with Crippen molar-refractivity contribution in [3.8, 4) is 0 Å². The first-order valence-electron chi connectivity index (χ1n) is 8.31. The van der Waals surface area contributed by atoms with Gasteiger partial charge in [0, 0.05) is 24.6 Å². The molecule has 24 heavy (non-hydrogen) atoms. The number of anilines is 2. The second kappa shape index (κ2) is 5.74. The molecule has 0 aromatic carbocycles. The van der Waals surface area contributed by atoms with E-state index >= 15 is 0 Å². The Morgan fingerprint density at radius 1 is 1.25 bits per heavy atom. The molecule has 124 valence electrons. The summed E-state index contributed by atoms with van der Waals surface area (Å²) in [4.78, 5) is 17.2. The van der Waals surface area contributed by atoms with Gasteiger partial charge in [0.2, 0.25) is 5.95 Å². The number of pyridine rings is 1. The molecule has 3 heterocycles. The molecule has 0 radical (unpaired) electrons. The molecule has 0 amide bonds. The first kappa shape index (κ1) is 14.9. The van der Waals surface area contributed by atoms with Gasteiger partial charge in [-0.05, 0) is 49.7 Å². The topological polar surface area (TPSA) is 109 Å². The molecular formula is C17H21N7. The number of aromatic nitrogens is 5. The maximum atomic E-state index is 6.08. The van der Waals surface area contributed by atoms with Crippen LogP contribution in [0.1, 0.15) is 42.0 Å². The molecule has 3 aromatic heterocycles. The van der Waals surface area contributed by atoms with Gasteiger partial charge in [-0.25, -0.2) is 9.97 Å². The van der Waals surface area contributed by atoms with E-state index in [2.05, 4.69) is 26.4 Å². The van der Waals surface area contributed by atoms with Gasteiger partial charge in [-0.1, -0.05) is 0 Å². The van der Waals surface area contributed by atoms with E-state index in [0.29, 0.717) is 17.4 Å². The average Bonchev–Trinajstić information content (AvgIpc) is 3.17. The lowest BCUT2D eigenvalue weighted by Crippen LogP contribution is -2.07. The number of nitrogens with zero attached hydrogens (tertiary/aromatic N) is 5. The normalized spacial score (nSPS) is 16.6. The number of aryl methyl sites for hydroxylation is 3. The number of rotatable bonds is 4. The van der Waals surface area contributed by atoms with Crippen LogP contribution in [-0.4, -0.2) is 24.5 Å². The van der Waals surface area contributed by atoms with Crippen molar-refractivity contribution < 1.29 is 0 Å². The largest absolute Gasteiger partial charge is 0.383 e. The van der Waals surface area contributed by atoms with Gasteiger partial charge >= 0.3 is 0 Å². The van der Waals surface area contributed by atoms with Gasteiger partial charge in [0.05, 0.1) is 11.7 Å². The monoisotopic (exact) mass is 323 g/mol. The molecule has 1 aliphatic carbocycles. The quantitative estimate of drug-likeness (QED) is 0.762. The summed E-state index contributed by atoms with van der Waals surface area (Å²) in [6.45, 7) is 3.10. The van der Waals surface area contributed by atoms with E-state index in [-0.39, 0.29) is 5.95 Å². The Morgan fingerprint density at radius 2 is 2.12 bits per heavy atom. The van der Waals surface area contributed by atoms with Gasteiger partial charge in [-0.2, -0.15) is 9.97 Å². The number of nitrogen functional groups attached to an aromatic ring is 2. The molecule has 0 bridgehead atoms. The Labute approximate surface area is 140 Å². The minimum atomic E-state index is 0.182. The highest BCUT2D eigenvalue weighted by Crippen LogP contribution is 2.40. The Bertz CT molecular complexity index is 886. The third-order valence-electron chi connectivity index (χ3n) is 4.93. The van der Waals surface area contributed by atoms with Crippen molar-refractivity contribution in [1.82, 2.24) is 24.5 Å². The van der Waals surface area contributed by atoms with Crippen LogP contribution in [0.5, 0.6) is 0 Å². The van der Waals surface area contributed by atoms with Crippen LogP contribution in [0.15, 0.2) is 18.7 Å². The first-order valence-corrected chi connectivity index (χ1v) is 8.31. The number of fused-ring (bicyclic) bond motifs is 2. The molecule has 0 saturated heterocycles. The van der Waals surface area contributed by atoms with Crippen LogP contribution in [0.3, 0.4) is 0 Å². The van der Waals surface area contributed by atoms with Crippen LogP contribution in [-0.2, 0) is 13.0 Å². The third-order valence-corrected chi connectivity index (χ3v) is 4.93. The van der Waals surface area contributed by atoms with Crippen molar-refractivity contribution in [2.75, 3.05) is 11.5 Å². The predicted octanol–water partition coefficient (Wildman–Crippen LogP) is 2.20. The van der Waals surface area contributed by atoms with Gasteiger partial charge in [0.1, 0.15) is 5.82 Å². The van der Waals surface area contributed by atoms with E-state index in [1.807, 2.05) is 18.7 Å². The Morgan fingerprint density at radius 3 is 2.92 bits per heavy atom. The van der Waals surface area contributed by atoms with Crippen molar-refractivity contribution in [2.24, 2.45) is 0 Å². The van der Waals surface area contributed by atoms with Crippen LogP contribution in [0.4, 0.5) is 11.8 Å². The molecule has 4 rings (SSSR count). The van der Waals surface area contributed by atoms with Crippen molar-refractivity contribution in [3.63, 3.8) is 0 Å². The van der Waals surface area contributed by atoms with Crippen LogP contribution in [0, 0.1) is 6.92 Å². The van der Waals surface area contributed by atoms with Crippen LogP contribution in [0.2, 0.25) is 0 Å². The van der Waals surface area contributed by atoms with Crippen molar-refractivity contribution in [3.05, 3.63) is 35.5 Å². The van der Waals surface area contributed by atoms with E-state index < -0.39 is 0 Å². The standard InChI is InChI=1S/C17H21N7/c1-10-13-11(3-2-7-24-8-6-20-9-24)4-5-12(13)21-16-14(10)15(18)22-17(19)23-16/h6,8-9,11H,2-5,7H2,1H3,(H4,18,19,21,22,23). The molecule has 4 N–H and O–H groups in total. The Kier molecular flexibility index (Phi) is 3.55. The summed E-state index contributed by atoms with van der Waals surface area (Å²) in [7, 11) is 0. The van der Waals surface area contributed by atoms with Gasteiger partial charge in [-0.3, -0.25) is 0 Å². The van der Waals surface area contributed by atoms with Gasteiger partial charge in [0.15, 0.2) is 5.65 Å². The molecule has 0 spiro atoms. The zero-order valence-corrected chi connectivity index (χ0v) is 13.7. The summed E-state index contributed by atoms with van der Waals surface area (Å²) in [5.41, 5.74) is 16.1. The maximum Gasteiger partial charge on any atom is 0.224 e. The summed E-state index contributed by atoms with van der Waals surface area (Å²) < 4.78 is 2.12. The number of hydrogen-bond donors (Lipinski definition) is 2. The summed E-state index contributed by atoms with van der Waals surface area (Å²) in [5.74, 6) is 1.13. The van der Waals surface area contributed by atoms with Gasteiger partial charge in [-0.15, -0.1) is 0 Å². The van der Waals surface area contributed by atoms with Crippen molar-refractivity contribution in [1.29, 1.82) is 0 Å². The molecule has 0 fully saturated rings. The molecule has 7 nitrogen and oxygen atoms in total. The minimum absolute atomic E-state index is 0.182. The van der Waals surface area contributed by atoms with E-state index in [4.69, 9.17) is 16.5 Å². The lowest BCUT2D eigenvalue weighted by atomic mass is 9.92. The van der Waals surface area contributed by atoms with Crippen LogP contribution < -0.4 is 11.5 Å². The molecule has 1 aliphatic rings. The highest BCUT2D eigenvalue weighted by molar-refractivity contribution is 5.90. The molecule has 0 aliphatic heterocycles. The molecule has 1 unspecified atom stereocenters. The lowest BCUT2D eigenvalue weighted by Gasteiger charge is -2.16. The van der Waals surface area contributed by atoms with Crippen LogP contribution >= 0.6 is 0 Å². The Balaban J connectivity index is 1.63. The predicted molar refractivity (Wildman–Crippen MR) is 93.4 cm³/mol. The summed E-state index contributed by atoms with van der Waals surface area (Å²) >= 11 is 0. The number of imidazole rings is 1. The molecule has 7 heteroatoms. The molecule has 1 atom stereocenters. The lowest BCUT2D eigenvalue weighted by molar-refractivity contribution is 0.535. The fourth-order valence-corrected chi connectivity index (χ4v) is 3.88. The fraction of sp³-hybridized carbons (Fsp3) is 0.412. The SMILES string of the molecule is Cc1c2c(nc3nc(N)nc(N)c13)CCC2CCCn1ccnc1. The molecule has 0 saturated carbocycles. The summed E-state index contributed by atoms with van der Waals surface area (Å²) in [6, 6.07) is 0. The zero-order chi connectivity index (χ0) is 16.7. The van der Waals surface area contributed by atoms with Crippen molar-refractivity contribution >= 4 is 22.8 Å². The Hall–Kier alpha value is -2.70.